The number of aryl methyl sites for hydroxylation is 2. The number of halogens is 1. The predicted octanol–water partition coefficient (Wildman–Crippen LogP) is 2.39. The van der Waals surface area contributed by atoms with Gasteiger partial charge in [-0.2, -0.15) is 0 Å². The minimum atomic E-state index is -3.98. The Labute approximate surface area is 168 Å². The van der Waals surface area contributed by atoms with Gasteiger partial charge in [-0.3, -0.25) is 0 Å². The molecule has 2 N–H and O–H groups in total. The minimum absolute atomic E-state index is 0.167. The highest BCUT2D eigenvalue weighted by Crippen LogP contribution is 2.23. The number of carbonyl (C=O) groups is 1. The minimum Gasteiger partial charge on any atom is -0.478 e. The third kappa shape index (κ3) is 4.60. The van der Waals surface area contributed by atoms with Gasteiger partial charge in [0.15, 0.2) is 0 Å². The van der Waals surface area contributed by atoms with Gasteiger partial charge in [-0.25, -0.2) is 27.9 Å². The molecule has 3 rings (SSSR count). The van der Waals surface area contributed by atoms with Crippen molar-refractivity contribution in [3.05, 3.63) is 46.4 Å². The highest BCUT2D eigenvalue weighted by Gasteiger charge is 2.28. The highest BCUT2D eigenvalue weighted by atomic mass is 35.5. The molecule has 0 saturated carbocycles. The van der Waals surface area contributed by atoms with Crippen molar-refractivity contribution in [1.29, 1.82) is 0 Å². The van der Waals surface area contributed by atoms with E-state index >= 15 is 0 Å². The molecule has 28 heavy (non-hydrogen) atoms. The van der Waals surface area contributed by atoms with E-state index in [0.717, 1.165) is 17.6 Å². The number of carboxylic acids is 1. The molecule has 2 aromatic rings. The number of nitrogens with zero attached hydrogens (tertiary/aromatic N) is 3. The number of aromatic carboxylic acids is 1. The Balaban J connectivity index is 1.71. The van der Waals surface area contributed by atoms with Crippen LogP contribution in [0.3, 0.4) is 0 Å². The van der Waals surface area contributed by atoms with Crippen LogP contribution in [-0.2, 0) is 10.0 Å². The Morgan fingerprint density at radius 1 is 1.21 bits per heavy atom. The molecule has 0 radical (unpaired) electrons. The first-order valence-electron chi connectivity index (χ1n) is 8.78. The molecule has 1 aromatic carbocycles. The highest BCUT2D eigenvalue weighted by molar-refractivity contribution is 7.89. The lowest BCUT2D eigenvalue weighted by atomic mass is 10.1. The van der Waals surface area contributed by atoms with E-state index in [0.29, 0.717) is 31.8 Å². The lowest BCUT2D eigenvalue weighted by molar-refractivity contribution is 0.0692. The fraction of sp³-hybridized carbons (Fsp3) is 0.389. The molecule has 1 aromatic heterocycles. The normalized spacial score (nSPS) is 15.6. The summed E-state index contributed by atoms with van der Waals surface area (Å²) < 4.78 is 28.1. The summed E-state index contributed by atoms with van der Waals surface area (Å²) in [7, 11) is -3.98. The van der Waals surface area contributed by atoms with Crippen LogP contribution >= 0.6 is 11.6 Å². The Hall–Kier alpha value is -2.23. The zero-order valence-corrected chi connectivity index (χ0v) is 17.1. The Morgan fingerprint density at radius 2 is 1.89 bits per heavy atom. The fourth-order valence-corrected chi connectivity index (χ4v) is 4.93. The second kappa shape index (κ2) is 8.02. The lowest BCUT2D eigenvalue weighted by Crippen LogP contribution is -2.45. The molecular formula is C18H21ClN4O4S. The maximum absolute atomic E-state index is 12.7. The number of anilines is 1. The van der Waals surface area contributed by atoms with Crippen molar-refractivity contribution < 1.29 is 18.3 Å². The summed E-state index contributed by atoms with van der Waals surface area (Å²) in [6, 6.07) is 5.34. The van der Waals surface area contributed by atoms with Crippen molar-refractivity contribution in [3.8, 4) is 0 Å². The van der Waals surface area contributed by atoms with Crippen LogP contribution in [0.15, 0.2) is 29.2 Å². The zero-order valence-electron chi connectivity index (χ0n) is 15.5. The topological polar surface area (TPSA) is 112 Å². The summed E-state index contributed by atoms with van der Waals surface area (Å²) in [5.41, 5.74) is 0.540. The maximum atomic E-state index is 12.7. The first-order chi connectivity index (χ1) is 13.2. The molecule has 0 amide bonds. The second-order valence-electron chi connectivity index (χ2n) is 6.74. The number of hydrogen-bond acceptors (Lipinski definition) is 6. The molecule has 1 aliphatic heterocycles. The van der Waals surface area contributed by atoms with Crippen LogP contribution in [0.1, 0.15) is 34.7 Å². The third-order valence-electron chi connectivity index (χ3n) is 4.55. The summed E-state index contributed by atoms with van der Waals surface area (Å²) in [4.78, 5) is 21.9. The van der Waals surface area contributed by atoms with Crippen LogP contribution < -0.4 is 9.62 Å². The summed E-state index contributed by atoms with van der Waals surface area (Å²) in [5, 5.41) is 9.46. The van der Waals surface area contributed by atoms with Gasteiger partial charge in [0.2, 0.25) is 10.0 Å². The van der Waals surface area contributed by atoms with Gasteiger partial charge in [0.1, 0.15) is 11.6 Å². The summed E-state index contributed by atoms with van der Waals surface area (Å²) in [5.74, 6) is 0.186. The lowest BCUT2D eigenvalue weighted by Gasteiger charge is -2.33. The Bertz CT molecular complexity index is 984. The Kier molecular flexibility index (Phi) is 5.87. The molecular weight excluding hydrogens is 404 g/mol. The largest absolute Gasteiger partial charge is 0.478 e. The number of hydrogen-bond donors (Lipinski definition) is 2. The van der Waals surface area contributed by atoms with Crippen LogP contribution in [0.25, 0.3) is 0 Å². The van der Waals surface area contributed by atoms with Gasteiger partial charge in [0.05, 0.1) is 10.5 Å². The number of rotatable bonds is 5. The van der Waals surface area contributed by atoms with Gasteiger partial charge in [0, 0.05) is 35.9 Å². The molecule has 0 atom stereocenters. The molecule has 0 unspecified atom stereocenters. The number of carboxylic acid groups (broad SMARTS) is 1. The number of aromatic nitrogens is 2. The number of piperidine rings is 1. The van der Waals surface area contributed by atoms with Crippen molar-refractivity contribution in [2.75, 3.05) is 18.0 Å². The number of sulfonamides is 1. The van der Waals surface area contributed by atoms with Gasteiger partial charge >= 0.3 is 5.97 Å². The molecule has 150 valence electrons. The van der Waals surface area contributed by atoms with Crippen LogP contribution in [0.5, 0.6) is 0 Å². The quantitative estimate of drug-likeness (QED) is 0.757. The molecule has 0 aliphatic carbocycles. The van der Waals surface area contributed by atoms with Gasteiger partial charge in [-0.05, 0) is 44.9 Å². The van der Waals surface area contributed by atoms with Gasteiger partial charge in [-0.15, -0.1) is 0 Å². The molecule has 1 aliphatic rings. The van der Waals surface area contributed by atoms with E-state index in [1.165, 1.54) is 12.1 Å². The molecule has 1 fully saturated rings. The summed E-state index contributed by atoms with van der Waals surface area (Å²) in [6.07, 6.45) is 1.16. The van der Waals surface area contributed by atoms with E-state index in [2.05, 4.69) is 19.6 Å². The smallest absolute Gasteiger partial charge is 0.337 e. The molecule has 0 spiro atoms. The van der Waals surface area contributed by atoms with Gasteiger partial charge < -0.3 is 10.0 Å². The average Bonchev–Trinajstić information content (AvgIpc) is 2.60. The third-order valence-corrected chi connectivity index (χ3v) is 6.37. The molecule has 8 nitrogen and oxygen atoms in total. The summed E-state index contributed by atoms with van der Waals surface area (Å²) in [6.45, 7) is 5.01. The SMILES string of the molecule is Cc1cc(N2CCC(NS(=O)(=O)c3ccc(Cl)cc3C(=O)O)CC2)nc(C)n1. The van der Waals surface area contributed by atoms with Gasteiger partial charge in [-0.1, -0.05) is 11.6 Å². The fourth-order valence-electron chi connectivity index (χ4n) is 3.27. The first-order valence-corrected chi connectivity index (χ1v) is 10.6. The van der Waals surface area contributed by atoms with E-state index in [4.69, 9.17) is 11.6 Å². The van der Waals surface area contributed by atoms with E-state index in [9.17, 15) is 18.3 Å². The summed E-state index contributed by atoms with van der Waals surface area (Å²) >= 11 is 5.80. The molecule has 2 heterocycles. The Morgan fingerprint density at radius 3 is 2.50 bits per heavy atom. The van der Waals surface area contributed by atoms with E-state index in [-0.39, 0.29) is 21.5 Å². The second-order valence-corrected chi connectivity index (χ2v) is 8.86. The number of nitrogens with one attached hydrogen (secondary N) is 1. The van der Waals surface area contributed by atoms with Crippen LogP contribution in [-0.4, -0.2) is 48.6 Å². The van der Waals surface area contributed by atoms with Crippen LogP contribution in [0, 0.1) is 13.8 Å². The predicted molar refractivity (Wildman–Crippen MR) is 105 cm³/mol. The van der Waals surface area contributed by atoms with E-state index in [1.54, 1.807) is 0 Å². The van der Waals surface area contributed by atoms with E-state index in [1.807, 2.05) is 19.9 Å². The van der Waals surface area contributed by atoms with Crippen molar-refractivity contribution in [1.82, 2.24) is 14.7 Å². The van der Waals surface area contributed by atoms with Crippen molar-refractivity contribution in [2.24, 2.45) is 0 Å². The van der Waals surface area contributed by atoms with Crippen LogP contribution in [0.4, 0.5) is 5.82 Å². The standard InChI is InChI=1S/C18H21ClN4O4S/c1-11-9-17(21-12(2)20-11)23-7-5-14(6-8-23)22-28(26,27)16-4-3-13(19)10-15(16)18(24)25/h3-4,9-10,14,22H,5-8H2,1-2H3,(H,24,25). The monoisotopic (exact) mass is 424 g/mol. The molecule has 10 heteroatoms. The van der Waals surface area contributed by atoms with Crippen molar-refractivity contribution in [3.63, 3.8) is 0 Å². The maximum Gasteiger partial charge on any atom is 0.337 e. The molecule has 0 bridgehead atoms. The van der Waals surface area contributed by atoms with E-state index < -0.39 is 16.0 Å². The van der Waals surface area contributed by atoms with Crippen molar-refractivity contribution in [2.45, 2.75) is 37.6 Å². The molecule has 1 saturated heterocycles. The van der Waals surface area contributed by atoms with Crippen molar-refractivity contribution >= 4 is 33.4 Å². The number of benzene rings is 1. The van der Waals surface area contributed by atoms with Crippen LogP contribution in [0.2, 0.25) is 5.02 Å². The average molecular weight is 425 g/mol. The van der Waals surface area contributed by atoms with Gasteiger partial charge in [0.25, 0.3) is 0 Å². The first kappa shape index (κ1) is 20.5. The zero-order chi connectivity index (χ0) is 20.5.